The normalized spacial score (nSPS) is 25.5. The summed E-state index contributed by atoms with van der Waals surface area (Å²) in [4.78, 5) is 31.0. The van der Waals surface area contributed by atoms with Crippen LogP contribution in [0.2, 0.25) is 0 Å². The topological polar surface area (TPSA) is 71.0 Å². The average Bonchev–Trinajstić information content (AvgIpc) is 3.03. The third kappa shape index (κ3) is 4.18. The van der Waals surface area contributed by atoms with E-state index in [1.54, 1.807) is 4.90 Å². The van der Waals surface area contributed by atoms with E-state index >= 15 is 0 Å². The van der Waals surface area contributed by atoms with Crippen molar-refractivity contribution in [3.05, 3.63) is 11.4 Å². The summed E-state index contributed by atoms with van der Waals surface area (Å²) in [5.41, 5.74) is 1.99. The van der Waals surface area contributed by atoms with Crippen molar-refractivity contribution >= 4 is 32.6 Å². The van der Waals surface area contributed by atoms with Crippen LogP contribution in [0.4, 0.5) is 4.79 Å². The molecule has 2 unspecified atom stereocenters. The highest BCUT2D eigenvalue weighted by Crippen LogP contribution is 2.33. The van der Waals surface area contributed by atoms with Gasteiger partial charge in [0.1, 0.15) is 6.04 Å². The molecule has 1 fully saturated rings. The zero-order valence-corrected chi connectivity index (χ0v) is 16.4. The molecule has 2 aliphatic rings. The quantitative estimate of drug-likeness (QED) is 0.789. The highest BCUT2D eigenvalue weighted by molar-refractivity contribution is 9.18. The van der Waals surface area contributed by atoms with Crippen LogP contribution >= 0.6 is 15.9 Å². The van der Waals surface area contributed by atoms with Crippen molar-refractivity contribution in [3.63, 3.8) is 0 Å². The molecule has 0 spiro atoms. The average molecular weight is 400 g/mol. The van der Waals surface area contributed by atoms with Gasteiger partial charge in [0, 0.05) is 18.2 Å². The zero-order valence-electron chi connectivity index (χ0n) is 14.8. The molecule has 134 valence electrons. The molecule has 0 radical (unpaired) electrons. The Hall–Kier alpha value is -1.37. The number of aliphatic imine (C=N–C) groups is 1. The van der Waals surface area contributed by atoms with Gasteiger partial charge in [-0.25, -0.2) is 9.79 Å². The van der Waals surface area contributed by atoms with Gasteiger partial charge in [-0.3, -0.25) is 4.79 Å². The first-order valence-corrected chi connectivity index (χ1v) is 9.26. The van der Waals surface area contributed by atoms with E-state index in [0.717, 1.165) is 41.7 Å². The first-order valence-electron chi connectivity index (χ1n) is 8.47. The number of carbonyl (C=O) groups excluding carboxylic acids is 2. The SMILES string of the molecule is COC(=O)NC(C(=O)N1CCC/C1=C1/CCC(C)C(Br)=N1)C(C)C. The summed E-state index contributed by atoms with van der Waals surface area (Å²) in [7, 11) is 1.30. The summed E-state index contributed by atoms with van der Waals surface area (Å²) >= 11 is 3.53. The van der Waals surface area contributed by atoms with Crippen molar-refractivity contribution in [2.45, 2.75) is 52.5 Å². The number of ether oxygens (including phenoxy) is 1. The fourth-order valence-electron chi connectivity index (χ4n) is 3.06. The van der Waals surface area contributed by atoms with Crippen molar-refractivity contribution in [2.24, 2.45) is 16.8 Å². The third-order valence-electron chi connectivity index (χ3n) is 4.57. The van der Waals surface area contributed by atoms with E-state index in [9.17, 15) is 9.59 Å². The van der Waals surface area contributed by atoms with Crippen LogP contribution in [0.25, 0.3) is 0 Å². The minimum Gasteiger partial charge on any atom is -0.453 e. The molecular weight excluding hydrogens is 374 g/mol. The Balaban J connectivity index is 2.25. The van der Waals surface area contributed by atoms with Crippen molar-refractivity contribution in [2.75, 3.05) is 13.7 Å². The summed E-state index contributed by atoms with van der Waals surface area (Å²) in [6, 6.07) is -0.596. The Morgan fingerprint density at radius 1 is 1.38 bits per heavy atom. The minimum absolute atomic E-state index is 0.0231. The van der Waals surface area contributed by atoms with Crippen LogP contribution in [0.3, 0.4) is 0 Å². The number of hydrogen-bond acceptors (Lipinski definition) is 4. The second-order valence-electron chi connectivity index (χ2n) is 6.72. The molecule has 2 heterocycles. The van der Waals surface area contributed by atoms with Gasteiger partial charge < -0.3 is 15.0 Å². The first-order chi connectivity index (χ1) is 11.3. The number of amides is 2. The standard InChI is InChI=1S/C17H26BrN3O3/c1-10(2)14(20-17(23)24-4)16(22)21-9-5-6-13(21)12-8-7-11(3)15(18)19-12/h10-11,14H,5-9H2,1-4H3,(H,20,23)/b13-12+. The maximum Gasteiger partial charge on any atom is 0.407 e. The number of alkyl carbamates (subject to hydrolysis) is 1. The number of rotatable bonds is 3. The largest absolute Gasteiger partial charge is 0.453 e. The van der Waals surface area contributed by atoms with E-state index in [1.165, 1.54) is 7.11 Å². The first kappa shape index (κ1) is 19.0. The van der Waals surface area contributed by atoms with E-state index < -0.39 is 12.1 Å². The Morgan fingerprint density at radius 2 is 2.08 bits per heavy atom. The predicted octanol–water partition coefficient (Wildman–Crippen LogP) is 3.42. The number of carbonyl (C=O) groups is 2. The molecule has 0 aliphatic carbocycles. The van der Waals surface area contributed by atoms with Gasteiger partial charge in [0.2, 0.25) is 5.91 Å². The highest BCUT2D eigenvalue weighted by Gasteiger charge is 2.34. The molecule has 2 atom stereocenters. The van der Waals surface area contributed by atoms with Crippen molar-refractivity contribution in [1.29, 1.82) is 0 Å². The van der Waals surface area contributed by atoms with Crippen LogP contribution in [0.5, 0.6) is 0 Å². The molecule has 0 aromatic rings. The number of hydrogen-bond donors (Lipinski definition) is 1. The van der Waals surface area contributed by atoms with Gasteiger partial charge in [-0.1, -0.05) is 20.8 Å². The number of nitrogens with zero attached hydrogens (tertiary/aromatic N) is 2. The van der Waals surface area contributed by atoms with Crippen LogP contribution in [-0.2, 0) is 9.53 Å². The molecule has 1 N–H and O–H groups in total. The number of halogens is 1. The molecule has 0 saturated carbocycles. The number of likely N-dealkylation sites (tertiary alicyclic amines) is 1. The van der Waals surface area contributed by atoms with E-state index in [-0.39, 0.29) is 11.8 Å². The molecule has 2 rings (SSSR count). The number of allylic oxidation sites excluding steroid dienone is 2. The van der Waals surface area contributed by atoms with E-state index in [1.807, 2.05) is 13.8 Å². The fraction of sp³-hybridized carbons (Fsp3) is 0.706. The molecule has 6 nitrogen and oxygen atoms in total. The lowest BCUT2D eigenvalue weighted by Gasteiger charge is -2.29. The van der Waals surface area contributed by atoms with Crippen molar-refractivity contribution < 1.29 is 14.3 Å². The lowest BCUT2D eigenvalue weighted by atomic mass is 10.00. The van der Waals surface area contributed by atoms with Gasteiger partial charge in [-0.2, -0.15) is 0 Å². The number of methoxy groups -OCH3 is 1. The molecule has 0 bridgehead atoms. The summed E-state index contributed by atoms with van der Waals surface area (Å²) in [5.74, 6) is 0.315. The maximum absolute atomic E-state index is 13.0. The van der Waals surface area contributed by atoms with Crippen LogP contribution in [0, 0.1) is 11.8 Å². The molecule has 0 aromatic carbocycles. The third-order valence-corrected chi connectivity index (χ3v) is 5.53. The Labute approximate surface area is 151 Å². The molecule has 24 heavy (non-hydrogen) atoms. The Bertz CT molecular complexity index is 571. The summed E-state index contributed by atoms with van der Waals surface area (Å²) in [5, 5.41) is 2.66. The van der Waals surface area contributed by atoms with Crippen molar-refractivity contribution in [3.8, 4) is 0 Å². The van der Waals surface area contributed by atoms with Crippen molar-refractivity contribution in [1.82, 2.24) is 10.2 Å². The lowest BCUT2D eigenvalue weighted by Crippen LogP contribution is -2.50. The maximum atomic E-state index is 13.0. The smallest absolute Gasteiger partial charge is 0.407 e. The van der Waals surface area contributed by atoms with E-state index in [0.29, 0.717) is 12.5 Å². The van der Waals surface area contributed by atoms with Crippen LogP contribution < -0.4 is 5.32 Å². The molecular formula is C17H26BrN3O3. The van der Waals surface area contributed by atoms with Crippen LogP contribution in [0.15, 0.2) is 16.4 Å². The lowest BCUT2D eigenvalue weighted by molar-refractivity contribution is -0.131. The van der Waals surface area contributed by atoms with Gasteiger partial charge >= 0.3 is 6.09 Å². The Kier molecular flexibility index (Phi) is 6.43. The van der Waals surface area contributed by atoms with Gasteiger partial charge in [0.25, 0.3) is 0 Å². The second kappa shape index (κ2) is 8.14. The number of nitrogens with one attached hydrogen (secondary N) is 1. The zero-order chi connectivity index (χ0) is 17.9. The van der Waals surface area contributed by atoms with Gasteiger partial charge in [0.05, 0.1) is 17.4 Å². The molecule has 2 amide bonds. The van der Waals surface area contributed by atoms with Gasteiger partial charge in [0.15, 0.2) is 0 Å². The Morgan fingerprint density at radius 3 is 2.67 bits per heavy atom. The molecule has 7 heteroatoms. The monoisotopic (exact) mass is 399 g/mol. The fourth-order valence-corrected chi connectivity index (χ4v) is 3.50. The molecule has 1 saturated heterocycles. The second-order valence-corrected chi connectivity index (χ2v) is 7.53. The summed E-state index contributed by atoms with van der Waals surface area (Å²) in [6.07, 6.45) is 3.10. The van der Waals surface area contributed by atoms with Gasteiger partial charge in [-0.15, -0.1) is 0 Å². The highest BCUT2D eigenvalue weighted by atomic mass is 79.9. The van der Waals surface area contributed by atoms with Gasteiger partial charge in [-0.05, 0) is 47.5 Å². The molecule has 0 aromatic heterocycles. The summed E-state index contributed by atoms with van der Waals surface area (Å²) in [6.45, 7) is 6.64. The summed E-state index contributed by atoms with van der Waals surface area (Å²) < 4.78 is 5.60. The minimum atomic E-state index is -0.596. The van der Waals surface area contributed by atoms with E-state index in [4.69, 9.17) is 0 Å². The predicted molar refractivity (Wildman–Crippen MR) is 96.9 cm³/mol. The van der Waals surface area contributed by atoms with E-state index in [2.05, 4.69) is 37.9 Å². The van der Waals surface area contributed by atoms with Crippen LogP contribution in [0.1, 0.15) is 46.5 Å². The van der Waals surface area contributed by atoms with Crippen LogP contribution in [-0.4, -0.2) is 41.2 Å². The molecule has 2 aliphatic heterocycles.